The Kier molecular flexibility index (Phi) is 12.5. The first-order valence-corrected chi connectivity index (χ1v) is 26.6. The standard InChI is InChI=1S/C28H26BNO2.C22H14BrN.C12H24B2O4/c1-27(2)28(3,4)32-29(31-27)23-17-18-26(20-12-6-5-11-19(20)23)30-24-15-9-7-13-21(24)22-14-8-10-16-25(22)30;23-19-13-14-22(16-8-2-1-7-15(16)19)24-20-11-5-3-9-17(20)18-10-4-6-12-21(18)24;1-9(2)10(3,4)16-13(15-9)14-17-11(5,6)12(7,8)18-14/h5-18H,1-4H3;1-14H;1-8H3. The zero-order valence-corrected chi connectivity index (χ0v) is 46.2. The minimum absolute atomic E-state index is 0.360. The molecule has 12 heteroatoms. The Hall–Kier alpha value is -5.69. The van der Waals surface area contributed by atoms with E-state index in [0.717, 1.165) is 15.3 Å². The van der Waals surface area contributed by atoms with Gasteiger partial charge in [-0.1, -0.05) is 143 Å². The molecule has 13 rings (SSSR count). The van der Waals surface area contributed by atoms with Crippen LogP contribution in [0.4, 0.5) is 0 Å². The smallest absolute Gasteiger partial charge is 0.405 e. The zero-order valence-electron chi connectivity index (χ0n) is 44.6. The van der Waals surface area contributed by atoms with Gasteiger partial charge in [0.05, 0.1) is 67.0 Å². The predicted octanol–water partition coefficient (Wildman–Crippen LogP) is 15.2. The van der Waals surface area contributed by atoms with Gasteiger partial charge in [-0.15, -0.1) is 0 Å². The Balaban J connectivity index is 0.000000125. The molecule has 3 aliphatic rings. The van der Waals surface area contributed by atoms with Crippen LogP contribution in [0.2, 0.25) is 0 Å². The number of fused-ring (bicyclic) bond motifs is 8. The topological polar surface area (TPSA) is 65.2 Å². The van der Waals surface area contributed by atoms with Gasteiger partial charge in [0.1, 0.15) is 0 Å². The van der Waals surface area contributed by atoms with Gasteiger partial charge in [0.2, 0.25) is 0 Å². The summed E-state index contributed by atoms with van der Waals surface area (Å²) in [6.45, 7) is 24.6. The monoisotopic (exact) mass is 1040 g/mol. The van der Waals surface area contributed by atoms with Crippen molar-refractivity contribution >= 4 is 108 Å². The molecule has 5 heterocycles. The highest BCUT2D eigenvalue weighted by Crippen LogP contribution is 2.44. The maximum absolute atomic E-state index is 6.40. The van der Waals surface area contributed by atoms with Gasteiger partial charge in [-0.25, -0.2) is 0 Å². The number of hydrogen-bond donors (Lipinski definition) is 0. The van der Waals surface area contributed by atoms with Crippen LogP contribution in [0.1, 0.15) is 83.1 Å². The Morgan fingerprint density at radius 3 is 0.932 bits per heavy atom. The van der Waals surface area contributed by atoms with Crippen molar-refractivity contribution in [2.45, 2.75) is 117 Å². The van der Waals surface area contributed by atoms with Crippen molar-refractivity contribution in [1.82, 2.24) is 9.13 Å². The third-order valence-electron chi connectivity index (χ3n) is 16.7. The molecule has 0 amide bonds. The van der Waals surface area contributed by atoms with Crippen LogP contribution in [0, 0.1) is 0 Å². The lowest BCUT2D eigenvalue weighted by molar-refractivity contribution is 0.00578. The van der Waals surface area contributed by atoms with Crippen molar-refractivity contribution in [3.8, 4) is 11.4 Å². The molecule has 2 aromatic heterocycles. The van der Waals surface area contributed by atoms with E-state index in [-0.39, 0.29) is 33.6 Å². The number of halogens is 1. The number of para-hydroxylation sites is 4. The number of aromatic nitrogens is 2. The number of hydrogen-bond acceptors (Lipinski definition) is 6. The SMILES string of the molecule is Brc1ccc(-n2c3ccccc3c3ccccc32)c2ccccc12.CC1(C)OB(B2OC(C)(C)C(C)(C)O2)OC1(C)C.CC1(C)OB(c2ccc(-n3c4ccccc4c4ccccc43)c3ccccc23)OC1(C)C. The molecule has 374 valence electrons. The Morgan fingerprint density at radius 1 is 0.297 bits per heavy atom. The largest absolute Gasteiger partial charge is 0.495 e. The fraction of sp³-hybridized carbons (Fsp3) is 0.290. The molecule has 0 bridgehead atoms. The van der Waals surface area contributed by atoms with E-state index in [0.29, 0.717) is 0 Å². The summed E-state index contributed by atoms with van der Waals surface area (Å²) in [4.78, 5) is 0. The maximum Gasteiger partial charge on any atom is 0.495 e. The molecule has 10 aromatic rings. The second-order valence-electron chi connectivity index (χ2n) is 22.9. The molecular formula is C62H64B3BrN2O6. The zero-order chi connectivity index (χ0) is 52.2. The van der Waals surface area contributed by atoms with Gasteiger partial charge in [-0.05, 0) is 142 Å². The highest BCUT2D eigenvalue weighted by molar-refractivity contribution is 9.10. The van der Waals surface area contributed by atoms with Crippen LogP contribution in [-0.2, 0) is 27.9 Å². The van der Waals surface area contributed by atoms with Crippen LogP contribution >= 0.6 is 15.9 Å². The number of benzene rings is 8. The summed E-state index contributed by atoms with van der Waals surface area (Å²) in [6.07, 6.45) is 0. The summed E-state index contributed by atoms with van der Waals surface area (Å²) in [6, 6.07) is 60.3. The van der Waals surface area contributed by atoms with Crippen molar-refractivity contribution in [1.29, 1.82) is 0 Å². The molecule has 0 aliphatic carbocycles. The lowest BCUT2D eigenvalue weighted by Crippen LogP contribution is -2.41. The number of nitrogens with zero attached hydrogens (tertiary/aromatic N) is 2. The summed E-state index contributed by atoms with van der Waals surface area (Å²) in [5, 5.41) is 9.94. The first kappa shape index (κ1) is 50.5. The minimum atomic E-state index is -0.476. The van der Waals surface area contributed by atoms with Crippen molar-refractivity contribution in [3.05, 3.63) is 174 Å². The van der Waals surface area contributed by atoms with Gasteiger partial charge < -0.3 is 37.1 Å². The van der Waals surface area contributed by atoms with Gasteiger partial charge in [-0.3, -0.25) is 0 Å². The van der Waals surface area contributed by atoms with E-state index < -0.39 is 21.1 Å². The van der Waals surface area contributed by atoms with Gasteiger partial charge >= 0.3 is 21.1 Å². The van der Waals surface area contributed by atoms with Gasteiger partial charge in [0.15, 0.2) is 0 Å². The summed E-state index contributed by atoms with van der Waals surface area (Å²) in [7, 11) is -1.34. The third kappa shape index (κ3) is 8.42. The maximum atomic E-state index is 6.40. The molecular weight excluding hydrogens is 981 g/mol. The molecule has 3 saturated heterocycles. The van der Waals surface area contributed by atoms with Crippen LogP contribution < -0.4 is 5.46 Å². The number of rotatable bonds is 4. The summed E-state index contributed by atoms with van der Waals surface area (Å²) in [5.74, 6) is 0. The molecule has 0 radical (unpaired) electrons. The van der Waals surface area contributed by atoms with Gasteiger partial charge in [-0.2, -0.15) is 0 Å². The highest BCUT2D eigenvalue weighted by atomic mass is 79.9. The third-order valence-corrected chi connectivity index (χ3v) is 17.4. The fourth-order valence-corrected chi connectivity index (χ4v) is 11.0. The van der Waals surface area contributed by atoms with Crippen LogP contribution in [0.25, 0.3) is 76.5 Å². The lowest BCUT2D eigenvalue weighted by Gasteiger charge is -2.32. The van der Waals surface area contributed by atoms with Crippen molar-refractivity contribution in [3.63, 3.8) is 0 Å². The lowest BCUT2D eigenvalue weighted by atomic mass is 9.49. The first-order chi connectivity index (χ1) is 35.1. The average Bonchev–Trinajstić information content (AvgIpc) is 4.09. The fourth-order valence-electron chi connectivity index (χ4n) is 10.5. The Morgan fingerprint density at radius 2 is 0.568 bits per heavy atom. The van der Waals surface area contributed by atoms with E-state index in [1.807, 2.05) is 55.4 Å². The molecule has 3 fully saturated rings. The summed E-state index contributed by atoms with van der Waals surface area (Å²) in [5.41, 5.74) is 6.18. The van der Waals surface area contributed by atoms with E-state index in [9.17, 15) is 0 Å². The molecule has 0 saturated carbocycles. The minimum Gasteiger partial charge on any atom is -0.405 e. The highest BCUT2D eigenvalue weighted by Gasteiger charge is 2.63. The van der Waals surface area contributed by atoms with Crippen LogP contribution in [0.15, 0.2) is 174 Å². The summed E-state index contributed by atoms with van der Waals surface area (Å²) < 4.78 is 42.5. The summed E-state index contributed by atoms with van der Waals surface area (Å²) >= 11 is 3.68. The molecule has 8 aromatic carbocycles. The quantitative estimate of drug-likeness (QED) is 0.164. The van der Waals surface area contributed by atoms with Gasteiger partial charge in [0, 0.05) is 36.8 Å². The molecule has 0 N–H and O–H groups in total. The average molecular weight is 1050 g/mol. The molecule has 0 atom stereocenters. The Bertz CT molecular complexity index is 3600. The molecule has 8 nitrogen and oxygen atoms in total. The Labute approximate surface area is 444 Å². The molecule has 3 aliphatic heterocycles. The molecule has 0 unspecified atom stereocenters. The van der Waals surface area contributed by atoms with E-state index in [1.165, 1.54) is 71.1 Å². The first-order valence-electron chi connectivity index (χ1n) is 25.8. The van der Waals surface area contributed by atoms with E-state index in [4.69, 9.17) is 27.9 Å². The van der Waals surface area contributed by atoms with E-state index >= 15 is 0 Å². The second kappa shape index (κ2) is 18.3. The van der Waals surface area contributed by atoms with Crippen molar-refractivity contribution in [2.24, 2.45) is 0 Å². The van der Waals surface area contributed by atoms with E-state index in [2.05, 4.69) is 223 Å². The van der Waals surface area contributed by atoms with Crippen molar-refractivity contribution in [2.75, 3.05) is 0 Å². The second-order valence-corrected chi connectivity index (χ2v) is 23.8. The van der Waals surface area contributed by atoms with Crippen LogP contribution in [0.5, 0.6) is 0 Å². The van der Waals surface area contributed by atoms with Crippen LogP contribution in [-0.4, -0.2) is 63.9 Å². The molecule has 74 heavy (non-hydrogen) atoms. The van der Waals surface area contributed by atoms with E-state index in [1.54, 1.807) is 0 Å². The predicted molar refractivity (Wildman–Crippen MR) is 312 cm³/mol. The van der Waals surface area contributed by atoms with Gasteiger partial charge in [0.25, 0.3) is 0 Å². The molecule has 0 spiro atoms. The van der Waals surface area contributed by atoms with Crippen molar-refractivity contribution < 1.29 is 27.9 Å². The van der Waals surface area contributed by atoms with Crippen LogP contribution in [0.3, 0.4) is 0 Å². The normalized spacial score (nSPS) is 19.1.